The predicted octanol–water partition coefficient (Wildman–Crippen LogP) is 1.53. The number of hydrogen-bond acceptors (Lipinski definition) is 3. The monoisotopic (exact) mass is 212 g/mol. The van der Waals surface area contributed by atoms with Gasteiger partial charge in [-0.05, 0) is 25.3 Å². The number of hydrogen-bond donors (Lipinski definition) is 2. The molecule has 0 saturated carbocycles. The summed E-state index contributed by atoms with van der Waals surface area (Å²) in [7, 11) is 0. The molecule has 0 aromatic carbocycles. The van der Waals surface area contributed by atoms with Gasteiger partial charge in [0.25, 0.3) is 0 Å². The number of carbonyl (C=O) groups is 1. The highest BCUT2D eigenvalue weighted by Crippen LogP contribution is 2.41. The highest BCUT2D eigenvalue weighted by atomic mass is 32.1. The first-order chi connectivity index (χ1) is 6.58. The summed E-state index contributed by atoms with van der Waals surface area (Å²) in [5, 5.41) is 18.9. The Kier molecular flexibility index (Phi) is 2.12. The molecule has 14 heavy (non-hydrogen) atoms. The highest BCUT2D eigenvalue weighted by Gasteiger charge is 2.44. The third-order valence-corrected chi connectivity index (χ3v) is 4.06. The molecule has 4 heteroatoms. The summed E-state index contributed by atoms with van der Waals surface area (Å²) < 4.78 is 0. The van der Waals surface area contributed by atoms with Crippen LogP contribution in [0.2, 0.25) is 0 Å². The minimum absolute atomic E-state index is 0.313. The second-order valence-electron chi connectivity index (χ2n) is 3.57. The van der Waals surface area contributed by atoms with Crippen molar-refractivity contribution in [3.63, 3.8) is 0 Å². The van der Waals surface area contributed by atoms with E-state index in [9.17, 15) is 9.90 Å². The summed E-state index contributed by atoms with van der Waals surface area (Å²) in [6, 6.07) is 1.83. The van der Waals surface area contributed by atoms with Crippen molar-refractivity contribution in [3.05, 3.63) is 21.4 Å². The van der Waals surface area contributed by atoms with Crippen LogP contribution in [-0.4, -0.2) is 16.2 Å². The lowest BCUT2D eigenvalue weighted by molar-refractivity contribution is -0.159. The van der Waals surface area contributed by atoms with Crippen molar-refractivity contribution >= 4 is 17.3 Å². The predicted molar refractivity (Wildman–Crippen MR) is 53.6 cm³/mol. The molecule has 1 aromatic rings. The summed E-state index contributed by atoms with van der Waals surface area (Å²) in [6.45, 7) is 2.03. The van der Waals surface area contributed by atoms with Crippen molar-refractivity contribution in [2.45, 2.75) is 31.8 Å². The van der Waals surface area contributed by atoms with Crippen molar-refractivity contribution in [2.75, 3.05) is 0 Å². The summed E-state index contributed by atoms with van der Waals surface area (Å²) >= 11 is 1.62. The van der Waals surface area contributed by atoms with Crippen LogP contribution in [0.1, 0.15) is 28.7 Å². The Morgan fingerprint density at radius 1 is 1.71 bits per heavy atom. The maximum absolute atomic E-state index is 10.9. The standard InChI is InChI=1S/C10H12O3S/c1-2-6-5-7-8(14-6)3-4-10(7,13)9(11)12/h5,13H,2-4H2,1H3,(H,11,12). The number of aryl methyl sites for hydroxylation is 2. The highest BCUT2D eigenvalue weighted by molar-refractivity contribution is 7.12. The van der Waals surface area contributed by atoms with Crippen LogP contribution in [0.3, 0.4) is 0 Å². The number of rotatable bonds is 2. The van der Waals surface area contributed by atoms with Crippen molar-refractivity contribution in [1.82, 2.24) is 0 Å². The molecule has 1 aliphatic carbocycles. The van der Waals surface area contributed by atoms with Crippen LogP contribution in [0.5, 0.6) is 0 Å². The van der Waals surface area contributed by atoms with E-state index in [1.807, 2.05) is 13.0 Å². The molecule has 76 valence electrons. The zero-order valence-corrected chi connectivity index (χ0v) is 8.73. The van der Waals surface area contributed by atoms with E-state index in [0.29, 0.717) is 18.4 Å². The van der Waals surface area contributed by atoms with Crippen LogP contribution in [0.15, 0.2) is 6.07 Å². The molecule has 0 aliphatic heterocycles. The Bertz CT molecular complexity index is 383. The molecule has 0 saturated heterocycles. The van der Waals surface area contributed by atoms with Crippen molar-refractivity contribution < 1.29 is 15.0 Å². The lowest BCUT2D eigenvalue weighted by Gasteiger charge is -2.16. The van der Waals surface area contributed by atoms with Gasteiger partial charge in [-0.15, -0.1) is 11.3 Å². The Hall–Kier alpha value is -0.870. The SMILES string of the molecule is CCc1cc2c(s1)CCC2(O)C(=O)O. The van der Waals surface area contributed by atoms with E-state index in [2.05, 4.69) is 0 Å². The van der Waals surface area contributed by atoms with Crippen molar-refractivity contribution in [3.8, 4) is 0 Å². The third kappa shape index (κ3) is 1.18. The van der Waals surface area contributed by atoms with Gasteiger partial charge in [0.2, 0.25) is 0 Å². The fraction of sp³-hybridized carbons (Fsp3) is 0.500. The average Bonchev–Trinajstić information content (AvgIpc) is 2.67. The van der Waals surface area contributed by atoms with E-state index in [1.165, 1.54) is 0 Å². The molecular formula is C10H12O3S. The average molecular weight is 212 g/mol. The fourth-order valence-corrected chi connectivity index (χ4v) is 3.02. The minimum atomic E-state index is -1.63. The van der Waals surface area contributed by atoms with Crippen LogP contribution in [0, 0.1) is 0 Å². The van der Waals surface area contributed by atoms with Gasteiger partial charge in [0, 0.05) is 15.3 Å². The van der Waals surface area contributed by atoms with Crippen LogP contribution in [-0.2, 0) is 23.2 Å². The molecule has 1 atom stereocenters. The Labute approximate surface area is 86.0 Å². The number of carboxylic acid groups (broad SMARTS) is 1. The molecule has 1 heterocycles. The zero-order chi connectivity index (χ0) is 10.3. The maximum atomic E-state index is 10.9. The first kappa shape index (κ1) is 9.68. The molecule has 0 radical (unpaired) electrons. The minimum Gasteiger partial charge on any atom is -0.479 e. The van der Waals surface area contributed by atoms with Crippen LogP contribution >= 0.6 is 11.3 Å². The summed E-state index contributed by atoms with van der Waals surface area (Å²) in [5.41, 5.74) is -1.01. The van der Waals surface area contributed by atoms with Crippen molar-refractivity contribution in [2.24, 2.45) is 0 Å². The van der Waals surface area contributed by atoms with Crippen LogP contribution < -0.4 is 0 Å². The third-order valence-electron chi connectivity index (χ3n) is 2.72. The van der Waals surface area contributed by atoms with E-state index in [0.717, 1.165) is 16.2 Å². The van der Waals surface area contributed by atoms with Gasteiger partial charge in [-0.2, -0.15) is 0 Å². The van der Waals surface area contributed by atoms with Gasteiger partial charge in [-0.1, -0.05) is 6.92 Å². The quantitative estimate of drug-likeness (QED) is 0.781. The van der Waals surface area contributed by atoms with Gasteiger partial charge in [0.1, 0.15) is 0 Å². The normalized spacial score (nSPS) is 25.0. The second-order valence-corrected chi connectivity index (χ2v) is 4.79. The summed E-state index contributed by atoms with van der Waals surface area (Å²) in [5.74, 6) is -1.13. The fourth-order valence-electron chi connectivity index (χ4n) is 1.85. The summed E-state index contributed by atoms with van der Waals surface area (Å²) in [4.78, 5) is 13.1. The smallest absolute Gasteiger partial charge is 0.340 e. The molecule has 0 fully saturated rings. The van der Waals surface area contributed by atoms with Gasteiger partial charge >= 0.3 is 5.97 Å². The van der Waals surface area contributed by atoms with Gasteiger partial charge in [-0.25, -0.2) is 4.79 Å². The lowest BCUT2D eigenvalue weighted by Crippen LogP contribution is -2.32. The largest absolute Gasteiger partial charge is 0.479 e. The molecule has 3 nitrogen and oxygen atoms in total. The second kappa shape index (κ2) is 3.07. The van der Waals surface area contributed by atoms with E-state index in [1.54, 1.807) is 11.3 Å². The van der Waals surface area contributed by atoms with E-state index in [-0.39, 0.29) is 0 Å². The maximum Gasteiger partial charge on any atom is 0.340 e. The van der Waals surface area contributed by atoms with Gasteiger partial charge in [-0.3, -0.25) is 0 Å². The summed E-state index contributed by atoms with van der Waals surface area (Å²) in [6.07, 6.45) is 1.89. The molecule has 0 amide bonds. The number of aliphatic carboxylic acids is 1. The van der Waals surface area contributed by atoms with Gasteiger partial charge < -0.3 is 10.2 Å². The van der Waals surface area contributed by atoms with Gasteiger partial charge in [0.05, 0.1) is 0 Å². The molecule has 2 rings (SSSR count). The topological polar surface area (TPSA) is 57.5 Å². The molecule has 1 aliphatic rings. The first-order valence-corrected chi connectivity index (χ1v) is 5.47. The molecule has 0 spiro atoms. The van der Waals surface area contributed by atoms with Crippen molar-refractivity contribution in [1.29, 1.82) is 0 Å². The Morgan fingerprint density at radius 3 is 3.00 bits per heavy atom. The lowest BCUT2D eigenvalue weighted by atomic mass is 9.98. The number of fused-ring (bicyclic) bond motifs is 1. The Morgan fingerprint density at radius 2 is 2.43 bits per heavy atom. The van der Waals surface area contributed by atoms with Crippen LogP contribution in [0.4, 0.5) is 0 Å². The molecule has 1 unspecified atom stereocenters. The number of carboxylic acids is 1. The van der Waals surface area contributed by atoms with E-state index < -0.39 is 11.6 Å². The number of thiophene rings is 1. The Balaban J connectivity index is 2.47. The van der Waals surface area contributed by atoms with Gasteiger partial charge in [0.15, 0.2) is 5.60 Å². The first-order valence-electron chi connectivity index (χ1n) is 4.65. The molecule has 2 N–H and O–H groups in total. The van der Waals surface area contributed by atoms with E-state index >= 15 is 0 Å². The molecule has 0 bridgehead atoms. The molecular weight excluding hydrogens is 200 g/mol. The van der Waals surface area contributed by atoms with E-state index in [4.69, 9.17) is 5.11 Å². The zero-order valence-electron chi connectivity index (χ0n) is 7.91. The molecule has 1 aromatic heterocycles. The number of aliphatic hydroxyl groups is 1. The van der Waals surface area contributed by atoms with Crippen LogP contribution in [0.25, 0.3) is 0 Å².